The Hall–Kier alpha value is -0.410. The fraction of sp³-hybridized carbons (Fsp3) is 0.833. The lowest BCUT2D eigenvalue weighted by Crippen LogP contribution is -2.09. The largest absolute Gasteiger partial charge is 0.393 e. The standard InChI is InChI=1S/C6H12NO2/c7-4-1-2-6(9)3-5-8/h6,9H,1-4,7H2. The average molecular weight is 130 g/mol. The molecule has 0 fully saturated rings. The highest BCUT2D eigenvalue weighted by Gasteiger charge is 2.00. The van der Waals surface area contributed by atoms with Crippen molar-refractivity contribution in [1.82, 2.24) is 0 Å². The van der Waals surface area contributed by atoms with E-state index in [9.17, 15) is 4.79 Å². The maximum Gasteiger partial charge on any atom is 0.201 e. The summed E-state index contributed by atoms with van der Waals surface area (Å²) in [6, 6.07) is 0. The van der Waals surface area contributed by atoms with E-state index in [2.05, 4.69) is 0 Å². The zero-order valence-corrected chi connectivity index (χ0v) is 5.34. The monoisotopic (exact) mass is 130 g/mol. The lowest BCUT2D eigenvalue weighted by Gasteiger charge is -2.02. The molecule has 0 amide bonds. The molecule has 0 aromatic rings. The highest BCUT2D eigenvalue weighted by atomic mass is 16.3. The molecule has 0 saturated heterocycles. The van der Waals surface area contributed by atoms with Gasteiger partial charge >= 0.3 is 0 Å². The number of aliphatic hydroxyl groups excluding tert-OH is 1. The van der Waals surface area contributed by atoms with Crippen molar-refractivity contribution in [2.24, 2.45) is 5.73 Å². The maximum absolute atomic E-state index is 9.66. The minimum atomic E-state index is -0.536. The van der Waals surface area contributed by atoms with Crippen LogP contribution < -0.4 is 5.73 Å². The number of nitrogens with two attached hydrogens (primary N) is 1. The second-order valence-corrected chi connectivity index (χ2v) is 1.93. The minimum Gasteiger partial charge on any atom is -0.393 e. The van der Waals surface area contributed by atoms with Gasteiger partial charge in [-0.3, -0.25) is 4.79 Å². The van der Waals surface area contributed by atoms with Crippen LogP contribution in [-0.2, 0) is 4.79 Å². The Morgan fingerprint density at radius 2 is 2.33 bits per heavy atom. The summed E-state index contributed by atoms with van der Waals surface area (Å²) in [4.78, 5) is 9.66. The fourth-order valence-corrected chi connectivity index (χ4v) is 0.552. The Morgan fingerprint density at radius 3 is 2.78 bits per heavy atom. The molecule has 1 unspecified atom stereocenters. The summed E-state index contributed by atoms with van der Waals surface area (Å²) in [5, 5.41) is 8.86. The van der Waals surface area contributed by atoms with E-state index in [1.807, 2.05) is 0 Å². The Kier molecular flexibility index (Phi) is 5.46. The predicted octanol–water partition coefficient (Wildman–Crippen LogP) is -0.414. The van der Waals surface area contributed by atoms with Gasteiger partial charge in [-0.1, -0.05) is 0 Å². The first-order valence-corrected chi connectivity index (χ1v) is 3.04. The van der Waals surface area contributed by atoms with E-state index in [0.29, 0.717) is 13.0 Å². The van der Waals surface area contributed by atoms with Crippen molar-refractivity contribution < 1.29 is 9.90 Å². The molecule has 0 rings (SSSR count). The number of hydrogen-bond acceptors (Lipinski definition) is 3. The zero-order valence-electron chi connectivity index (χ0n) is 5.34. The van der Waals surface area contributed by atoms with Crippen LogP contribution in [0.25, 0.3) is 0 Å². The molecule has 0 aliphatic carbocycles. The van der Waals surface area contributed by atoms with E-state index in [0.717, 1.165) is 6.42 Å². The molecule has 9 heavy (non-hydrogen) atoms. The van der Waals surface area contributed by atoms with Gasteiger partial charge in [0.15, 0.2) is 0 Å². The number of aliphatic hydroxyl groups is 1. The van der Waals surface area contributed by atoms with Crippen molar-refractivity contribution in [2.75, 3.05) is 6.54 Å². The number of rotatable bonds is 5. The van der Waals surface area contributed by atoms with Crippen molar-refractivity contribution in [3.63, 3.8) is 0 Å². The van der Waals surface area contributed by atoms with Crippen LogP contribution in [0.2, 0.25) is 0 Å². The summed E-state index contributed by atoms with van der Waals surface area (Å²) in [5.41, 5.74) is 5.16. The Morgan fingerprint density at radius 1 is 1.67 bits per heavy atom. The summed E-state index contributed by atoms with van der Waals surface area (Å²) in [7, 11) is 0. The molecule has 0 aromatic heterocycles. The van der Waals surface area contributed by atoms with E-state index in [1.165, 1.54) is 0 Å². The molecule has 0 aliphatic rings. The van der Waals surface area contributed by atoms with Gasteiger partial charge in [0.05, 0.1) is 6.10 Å². The van der Waals surface area contributed by atoms with Gasteiger partial charge in [0, 0.05) is 6.42 Å². The molecule has 0 aliphatic heterocycles. The lowest BCUT2D eigenvalue weighted by molar-refractivity contribution is 0.169. The minimum absolute atomic E-state index is 0.111. The van der Waals surface area contributed by atoms with Crippen molar-refractivity contribution in [2.45, 2.75) is 25.4 Å². The Balaban J connectivity index is 3.04. The summed E-state index contributed by atoms with van der Waals surface area (Å²) >= 11 is 0. The molecule has 3 heteroatoms. The smallest absolute Gasteiger partial charge is 0.201 e. The van der Waals surface area contributed by atoms with Gasteiger partial charge in [0.25, 0.3) is 0 Å². The third-order valence-corrected chi connectivity index (χ3v) is 1.06. The van der Waals surface area contributed by atoms with Gasteiger partial charge in [-0.05, 0) is 19.4 Å². The van der Waals surface area contributed by atoms with Crippen LogP contribution >= 0.6 is 0 Å². The molecule has 0 heterocycles. The van der Waals surface area contributed by atoms with Crippen LogP contribution in [0.1, 0.15) is 19.3 Å². The molecule has 0 aromatic carbocycles. The lowest BCUT2D eigenvalue weighted by atomic mass is 10.1. The van der Waals surface area contributed by atoms with Crippen LogP contribution in [-0.4, -0.2) is 24.0 Å². The van der Waals surface area contributed by atoms with Crippen LogP contribution in [0.15, 0.2) is 0 Å². The van der Waals surface area contributed by atoms with E-state index in [1.54, 1.807) is 6.29 Å². The van der Waals surface area contributed by atoms with Gasteiger partial charge in [0.1, 0.15) is 0 Å². The molecule has 3 nitrogen and oxygen atoms in total. The first-order chi connectivity index (χ1) is 4.31. The fourth-order valence-electron chi connectivity index (χ4n) is 0.552. The van der Waals surface area contributed by atoms with Crippen molar-refractivity contribution in [3.05, 3.63) is 0 Å². The van der Waals surface area contributed by atoms with E-state index >= 15 is 0 Å². The highest BCUT2D eigenvalue weighted by molar-refractivity contribution is 5.51. The summed E-state index contributed by atoms with van der Waals surface area (Å²) < 4.78 is 0. The molecular weight excluding hydrogens is 118 g/mol. The molecule has 0 saturated carbocycles. The molecule has 1 radical (unpaired) electrons. The van der Waals surface area contributed by atoms with E-state index < -0.39 is 6.10 Å². The van der Waals surface area contributed by atoms with Crippen LogP contribution in [0.4, 0.5) is 0 Å². The first-order valence-electron chi connectivity index (χ1n) is 3.04. The van der Waals surface area contributed by atoms with E-state index in [-0.39, 0.29) is 6.42 Å². The topological polar surface area (TPSA) is 63.3 Å². The van der Waals surface area contributed by atoms with Gasteiger partial charge in [-0.2, -0.15) is 0 Å². The number of hydrogen-bond donors (Lipinski definition) is 2. The van der Waals surface area contributed by atoms with Crippen LogP contribution in [0, 0.1) is 0 Å². The second kappa shape index (κ2) is 5.72. The quantitative estimate of drug-likeness (QED) is 0.531. The third kappa shape index (κ3) is 5.46. The summed E-state index contributed by atoms with van der Waals surface area (Å²) in [6.07, 6.45) is 2.58. The third-order valence-electron chi connectivity index (χ3n) is 1.06. The van der Waals surface area contributed by atoms with Gasteiger partial charge in [-0.25, -0.2) is 0 Å². The van der Waals surface area contributed by atoms with Crippen molar-refractivity contribution in [3.8, 4) is 0 Å². The number of carbonyl (C=O) groups excluding carboxylic acids is 1. The molecular formula is C6H12NO2. The van der Waals surface area contributed by atoms with E-state index in [4.69, 9.17) is 10.8 Å². The van der Waals surface area contributed by atoms with Gasteiger partial charge in [-0.15, -0.1) is 0 Å². The highest BCUT2D eigenvalue weighted by Crippen LogP contribution is 1.97. The second-order valence-electron chi connectivity index (χ2n) is 1.93. The van der Waals surface area contributed by atoms with Crippen LogP contribution in [0.3, 0.4) is 0 Å². The van der Waals surface area contributed by atoms with Crippen molar-refractivity contribution >= 4 is 6.29 Å². The Bertz CT molecular complexity index is 75.5. The van der Waals surface area contributed by atoms with Crippen LogP contribution in [0.5, 0.6) is 0 Å². The van der Waals surface area contributed by atoms with Crippen molar-refractivity contribution in [1.29, 1.82) is 0 Å². The summed E-state index contributed by atoms with van der Waals surface area (Å²) in [6.45, 7) is 0.565. The zero-order chi connectivity index (χ0) is 7.11. The molecule has 53 valence electrons. The summed E-state index contributed by atoms with van der Waals surface area (Å²) in [5.74, 6) is 0. The normalized spacial score (nSPS) is 13.1. The molecule has 0 spiro atoms. The van der Waals surface area contributed by atoms with Gasteiger partial charge < -0.3 is 10.8 Å². The first kappa shape index (κ1) is 8.59. The molecule has 0 bridgehead atoms. The Labute approximate surface area is 54.9 Å². The maximum atomic E-state index is 9.66. The predicted molar refractivity (Wildman–Crippen MR) is 34.6 cm³/mol. The molecule has 1 atom stereocenters. The average Bonchev–Trinajstić information content (AvgIpc) is 1.85. The SMILES string of the molecule is NCCCC(O)C[C]=O. The van der Waals surface area contributed by atoms with Gasteiger partial charge in [0.2, 0.25) is 6.29 Å². The molecule has 3 N–H and O–H groups in total.